The van der Waals surface area contributed by atoms with E-state index in [0.29, 0.717) is 13.2 Å². The molecule has 92 valence electrons. The zero-order valence-electron chi connectivity index (χ0n) is 11.3. The van der Waals surface area contributed by atoms with E-state index in [4.69, 9.17) is 9.47 Å². The van der Waals surface area contributed by atoms with Crippen LogP contribution in [0.3, 0.4) is 0 Å². The summed E-state index contributed by atoms with van der Waals surface area (Å²) in [5.41, 5.74) is -0.215. The van der Waals surface area contributed by atoms with Crippen molar-refractivity contribution in [1.29, 1.82) is 0 Å². The van der Waals surface area contributed by atoms with Gasteiger partial charge in [0.1, 0.15) is 0 Å². The molecule has 0 aliphatic carbocycles. The van der Waals surface area contributed by atoms with Crippen LogP contribution in [0.4, 0.5) is 0 Å². The Balaban J connectivity index is 4.07. The van der Waals surface area contributed by atoms with Gasteiger partial charge in [0.2, 0.25) is 0 Å². The van der Waals surface area contributed by atoms with Gasteiger partial charge >= 0.3 is 0 Å². The summed E-state index contributed by atoms with van der Waals surface area (Å²) in [6.07, 6.45) is 0.257. The highest BCUT2D eigenvalue weighted by Crippen LogP contribution is 2.13. The van der Waals surface area contributed by atoms with Gasteiger partial charge in [0.05, 0.1) is 30.5 Å². The standard InChI is InChI=1S/C12H27NO2/c1-10(2)14-8-12(6,13-7)9-15-11(3,4)5/h10,13H,8-9H2,1-7H3. The van der Waals surface area contributed by atoms with Crippen LogP contribution in [-0.4, -0.2) is 37.5 Å². The lowest BCUT2D eigenvalue weighted by molar-refractivity contribution is -0.0595. The smallest absolute Gasteiger partial charge is 0.0675 e. The van der Waals surface area contributed by atoms with Crippen molar-refractivity contribution < 1.29 is 9.47 Å². The molecule has 0 radical (unpaired) electrons. The zero-order valence-corrected chi connectivity index (χ0v) is 11.3. The lowest BCUT2D eigenvalue weighted by atomic mass is 10.1. The first-order valence-electron chi connectivity index (χ1n) is 5.63. The molecule has 0 rings (SSSR count). The Labute approximate surface area is 94.5 Å². The molecule has 0 aliphatic heterocycles. The second kappa shape index (κ2) is 5.83. The van der Waals surface area contributed by atoms with Crippen molar-refractivity contribution in [2.45, 2.75) is 58.8 Å². The molecule has 3 heteroatoms. The molecule has 0 aromatic carbocycles. The van der Waals surface area contributed by atoms with E-state index in [2.05, 4.69) is 33.0 Å². The molecule has 1 unspecified atom stereocenters. The zero-order chi connectivity index (χ0) is 12.1. The monoisotopic (exact) mass is 217 g/mol. The van der Waals surface area contributed by atoms with Crippen molar-refractivity contribution >= 4 is 0 Å². The van der Waals surface area contributed by atoms with Gasteiger partial charge in [0.15, 0.2) is 0 Å². The molecule has 0 saturated heterocycles. The van der Waals surface area contributed by atoms with Crippen molar-refractivity contribution in [3.05, 3.63) is 0 Å². The van der Waals surface area contributed by atoms with E-state index in [-0.39, 0.29) is 17.2 Å². The number of hydrogen-bond acceptors (Lipinski definition) is 3. The van der Waals surface area contributed by atoms with Crippen LogP contribution in [0.5, 0.6) is 0 Å². The highest BCUT2D eigenvalue weighted by Gasteiger charge is 2.25. The van der Waals surface area contributed by atoms with Gasteiger partial charge in [0, 0.05) is 0 Å². The van der Waals surface area contributed by atoms with Gasteiger partial charge in [-0.25, -0.2) is 0 Å². The Kier molecular flexibility index (Phi) is 5.78. The van der Waals surface area contributed by atoms with Crippen LogP contribution in [0.1, 0.15) is 41.5 Å². The predicted molar refractivity (Wildman–Crippen MR) is 64.3 cm³/mol. The highest BCUT2D eigenvalue weighted by atomic mass is 16.5. The van der Waals surface area contributed by atoms with E-state index >= 15 is 0 Å². The fourth-order valence-electron chi connectivity index (χ4n) is 0.912. The van der Waals surface area contributed by atoms with Crippen molar-refractivity contribution in [2.24, 2.45) is 0 Å². The first-order chi connectivity index (χ1) is 6.68. The molecule has 0 spiro atoms. The summed E-state index contributed by atoms with van der Waals surface area (Å²) < 4.78 is 11.4. The maximum Gasteiger partial charge on any atom is 0.0675 e. The molecule has 0 amide bonds. The number of hydrogen-bond donors (Lipinski definition) is 1. The molecule has 0 heterocycles. The predicted octanol–water partition coefficient (Wildman–Crippen LogP) is 2.20. The lowest BCUT2D eigenvalue weighted by Crippen LogP contribution is -2.50. The number of rotatable bonds is 6. The largest absolute Gasteiger partial charge is 0.377 e. The van der Waals surface area contributed by atoms with E-state index in [9.17, 15) is 0 Å². The summed E-state index contributed by atoms with van der Waals surface area (Å²) in [5, 5.41) is 3.26. The molecule has 0 bridgehead atoms. The van der Waals surface area contributed by atoms with Gasteiger partial charge in [-0.15, -0.1) is 0 Å². The normalized spacial score (nSPS) is 16.8. The molecule has 15 heavy (non-hydrogen) atoms. The molecule has 0 saturated carbocycles. The molecular formula is C12H27NO2. The van der Waals surface area contributed by atoms with Crippen molar-refractivity contribution in [1.82, 2.24) is 5.32 Å². The topological polar surface area (TPSA) is 30.5 Å². The number of likely N-dealkylation sites (N-methyl/N-ethyl adjacent to an activating group) is 1. The van der Waals surface area contributed by atoms with Gasteiger partial charge in [-0.3, -0.25) is 0 Å². The Morgan fingerprint density at radius 2 is 1.60 bits per heavy atom. The van der Waals surface area contributed by atoms with Crippen LogP contribution in [0, 0.1) is 0 Å². The van der Waals surface area contributed by atoms with Gasteiger partial charge in [-0.1, -0.05) is 0 Å². The second-order valence-corrected chi connectivity index (χ2v) is 5.57. The van der Waals surface area contributed by atoms with Crippen LogP contribution in [0.25, 0.3) is 0 Å². The summed E-state index contributed by atoms with van der Waals surface area (Å²) in [5.74, 6) is 0. The van der Waals surface area contributed by atoms with Crippen LogP contribution in [-0.2, 0) is 9.47 Å². The van der Waals surface area contributed by atoms with Crippen LogP contribution >= 0.6 is 0 Å². The molecule has 0 aliphatic rings. The average Bonchev–Trinajstić information content (AvgIpc) is 2.10. The molecule has 1 N–H and O–H groups in total. The number of nitrogens with one attached hydrogen (secondary N) is 1. The van der Waals surface area contributed by atoms with E-state index in [1.54, 1.807) is 0 Å². The van der Waals surface area contributed by atoms with Gasteiger partial charge < -0.3 is 14.8 Å². The summed E-state index contributed by atoms with van der Waals surface area (Å²) in [7, 11) is 1.94. The Morgan fingerprint density at radius 1 is 1.07 bits per heavy atom. The van der Waals surface area contributed by atoms with Crippen molar-refractivity contribution in [3.63, 3.8) is 0 Å². The van der Waals surface area contributed by atoms with Gasteiger partial charge in [0.25, 0.3) is 0 Å². The number of ether oxygens (including phenoxy) is 2. The van der Waals surface area contributed by atoms with E-state index in [1.165, 1.54) is 0 Å². The summed E-state index contributed by atoms with van der Waals surface area (Å²) in [4.78, 5) is 0. The van der Waals surface area contributed by atoms with Crippen molar-refractivity contribution in [2.75, 3.05) is 20.3 Å². The minimum absolute atomic E-state index is 0.101. The summed E-state index contributed by atoms with van der Waals surface area (Å²) in [6.45, 7) is 13.7. The summed E-state index contributed by atoms with van der Waals surface area (Å²) >= 11 is 0. The molecule has 0 aromatic heterocycles. The Bertz CT molecular complexity index is 175. The fourth-order valence-corrected chi connectivity index (χ4v) is 0.912. The third-order valence-corrected chi connectivity index (χ3v) is 2.16. The molecule has 3 nitrogen and oxygen atoms in total. The van der Waals surface area contributed by atoms with Crippen LogP contribution < -0.4 is 5.32 Å². The van der Waals surface area contributed by atoms with Crippen LogP contribution in [0.2, 0.25) is 0 Å². The van der Waals surface area contributed by atoms with Crippen molar-refractivity contribution in [3.8, 4) is 0 Å². The first-order valence-corrected chi connectivity index (χ1v) is 5.63. The SMILES string of the molecule is CNC(C)(COC(C)C)COC(C)(C)C. The molecular weight excluding hydrogens is 190 g/mol. The maximum absolute atomic E-state index is 5.78. The Morgan fingerprint density at radius 3 is 1.93 bits per heavy atom. The lowest BCUT2D eigenvalue weighted by Gasteiger charge is -2.33. The van der Waals surface area contributed by atoms with Gasteiger partial charge in [-0.05, 0) is 48.6 Å². The molecule has 0 fully saturated rings. The first kappa shape index (κ1) is 14.9. The van der Waals surface area contributed by atoms with Gasteiger partial charge in [-0.2, -0.15) is 0 Å². The molecule has 0 aromatic rings. The molecule has 1 atom stereocenters. The highest BCUT2D eigenvalue weighted by molar-refractivity contribution is 4.82. The van der Waals surface area contributed by atoms with E-state index < -0.39 is 0 Å². The fraction of sp³-hybridized carbons (Fsp3) is 1.00. The maximum atomic E-state index is 5.78. The van der Waals surface area contributed by atoms with Crippen LogP contribution in [0.15, 0.2) is 0 Å². The second-order valence-electron chi connectivity index (χ2n) is 5.57. The third kappa shape index (κ3) is 7.77. The minimum Gasteiger partial charge on any atom is -0.377 e. The average molecular weight is 217 g/mol. The third-order valence-electron chi connectivity index (χ3n) is 2.16. The Hall–Kier alpha value is -0.120. The van der Waals surface area contributed by atoms with E-state index in [1.807, 2.05) is 20.9 Å². The van der Waals surface area contributed by atoms with E-state index in [0.717, 1.165) is 0 Å². The minimum atomic E-state index is -0.114. The quantitative estimate of drug-likeness (QED) is 0.740. The summed E-state index contributed by atoms with van der Waals surface area (Å²) in [6, 6.07) is 0.